The van der Waals surface area contributed by atoms with Gasteiger partial charge in [0, 0.05) is 50.0 Å². The Bertz CT molecular complexity index is 891. The number of nitrogens with one attached hydrogen (secondary N) is 1. The molecule has 2 fully saturated rings. The van der Waals surface area contributed by atoms with Crippen molar-refractivity contribution in [1.29, 1.82) is 0 Å². The van der Waals surface area contributed by atoms with Gasteiger partial charge in [-0.3, -0.25) is 4.90 Å². The van der Waals surface area contributed by atoms with Crippen LogP contribution in [0.1, 0.15) is 49.1 Å². The van der Waals surface area contributed by atoms with Gasteiger partial charge in [0.2, 0.25) is 0 Å². The molecule has 0 spiro atoms. The number of hydrogen-bond donors (Lipinski definition) is 1. The van der Waals surface area contributed by atoms with E-state index in [0.29, 0.717) is 5.92 Å². The quantitative estimate of drug-likeness (QED) is 0.701. The Hall–Kier alpha value is -2.18. The number of hydrogen-bond acceptors (Lipinski definition) is 6. The van der Waals surface area contributed by atoms with Crippen LogP contribution in [0.5, 0.6) is 0 Å². The van der Waals surface area contributed by atoms with Crippen molar-refractivity contribution in [3.63, 3.8) is 0 Å². The summed E-state index contributed by atoms with van der Waals surface area (Å²) >= 11 is 0. The second kappa shape index (κ2) is 9.13. The minimum Gasteiger partial charge on any atom is -0.388 e. The first kappa shape index (κ1) is 22.0. The van der Waals surface area contributed by atoms with Gasteiger partial charge in [-0.25, -0.2) is 0 Å². The lowest BCUT2D eigenvalue weighted by molar-refractivity contribution is -0.126. The molecule has 2 aromatic rings. The van der Waals surface area contributed by atoms with Crippen molar-refractivity contribution in [1.82, 2.24) is 15.0 Å². The van der Waals surface area contributed by atoms with Crippen molar-refractivity contribution in [2.75, 3.05) is 45.6 Å². The molecule has 4 rings (SSSR count). The molecule has 1 aromatic heterocycles. The SMILES string of the molecule is CNc1ccc(-c2c(C)noc2C)cc1C(C=O)(C1CCCCC1)N1CCN(C)CC1. The van der Waals surface area contributed by atoms with Gasteiger partial charge in [0.05, 0.1) is 5.69 Å². The lowest BCUT2D eigenvalue weighted by Gasteiger charge is -2.50. The van der Waals surface area contributed by atoms with E-state index in [0.717, 1.165) is 72.9 Å². The Balaban J connectivity index is 1.89. The van der Waals surface area contributed by atoms with E-state index < -0.39 is 5.54 Å². The fourth-order valence-corrected chi connectivity index (χ4v) is 5.75. The third kappa shape index (κ3) is 3.92. The summed E-state index contributed by atoms with van der Waals surface area (Å²) in [4.78, 5) is 18.0. The summed E-state index contributed by atoms with van der Waals surface area (Å²) in [5, 5.41) is 7.55. The summed E-state index contributed by atoms with van der Waals surface area (Å²) in [6, 6.07) is 6.45. The highest BCUT2D eigenvalue weighted by Gasteiger charge is 2.47. The molecule has 1 aromatic carbocycles. The fourth-order valence-electron chi connectivity index (χ4n) is 5.75. The van der Waals surface area contributed by atoms with E-state index in [1.807, 2.05) is 20.9 Å². The normalized spacial score (nSPS) is 21.0. The van der Waals surface area contributed by atoms with Crippen LogP contribution in [0, 0.1) is 19.8 Å². The van der Waals surface area contributed by atoms with Crippen molar-refractivity contribution < 1.29 is 9.32 Å². The molecular formula is C25H36N4O2. The van der Waals surface area contributed by atoms with Crippen LogP contribution in [0.25, 0.3) is 11.1 Å². The van der Waals surface area contributed by atoms with E-state index in [1.165, 1.54) is 25.5 Å². The highest BCUT2D eigenvalue weighted by Crippen LogP contribution is 2.46. The first-order valence-electron chi connectivity index (χ1n) is 11.7. The summed E-state index contributed by atoms with van der Waals surface area (Å²) in [5.41, 5.74) is 4.50. The molecule has 31 heavy (non-hydrogen) atoms. The Kier molecular flexibility index (Phi) is 6.49. The molecule has 1 aliphatic heterocycles. The number of anilines is 1. The van der Waals surface area contributed by atoms with Crippen LogP contribution in [0.4, 0.5) is 5.69 Å². The topological polar surface area (TPSA) is 61.6 Å². The molecule has 6 heteroatoms. The first-order chi connectivity index (χ1) is 15.0. The van der Waals surface area contributed by atoms with E-state index in [-0.39, 0.29) is 0 Å². The Morgan fingerprint density at radius 2 is 1.84 bits per heavy atom. The summed E-state index contributed by atoms with van der Waals surface area (Å²) < 4.78 is 5.45. The van der Waals surface area contributed by atoms with Gasteiger partial charge in [-0.05, 0) is 57.4 Å². The number of rotatable bonds is 6. The number of aryl methyl sites for hydroxylation is 2. The van der Waals surface area contributed by atoms with Gasteiger partial charge in [0.15, 0.2) is 0 Å². The summed E-state index contributed by atoms with van der Waals surface area (Å²) in [7, 11) is 4.12. The molecule has 1 saturated carbocycles. The van der Waals surface area contributed by atoms with Gasteiger partial charge in [-0.2, -0.15) is 0 Å². The van der Waals surface area contributed by atoms with Gasteiger partial charge < -0.3 is 19.5 Å². The molecule has 2 aliphatic rings. The Morgan fingerprint density at radius 3 is 2.42 bits per heavy atom. The van der Waals surface area contributed by atoms with Crippen molar-refractivity contribution in [3.8, 4) is 11.1 Å². The molecule has 6 nitrogen and oxygen atoms in total. The standard InChI is InChI=1S/C25H36N4O2/c1-18-24(19(2)31-27-18)20-10-11-23(26-3)22(16-20)25(17-30,21-8-6-5-7-9-21)29-14-12-28(4)13-15-29/h10-11,16-17,21,26H,5-9,12-15H2,1-4H3. The van der Waals surface area contributed by atoms with Crippen molar-refractivity contribution >= 4 is 12.0 Å². The zero-order valence-electron chi connectivity index (χ0n) is 19.4. The molecule has 0 radical (unpaired) electrons. The molecule has 0 amide bonds. The number of carbonyl (C=O) groups is 1. The zero-order valence-corrected chi connectivity index (χ0v) is 19.4. The number of aromatic nitrogens is 1. The molecule has 0 bridgehead atoms. The average Bonchev–Trinajstić information content (AvgIpc) is 3.14. The van der Waals surface area contributed by atoms with Gasteiger partial charge in [0.25, 0.3) is 0 Å². The van der Waals surface area contributed by atoms with Crippen molar-refractivity contribution in [3.05, 3.63) is 35.2 Å². The average molecular weight is 425 g/mol. The number of nitrogens with zero attached hydrogens (tertiary/aromatic N) is 3. The highest BCUT2D eigenvalue weighted by atomic mass is 16.5. The summed E-state index contributed by atoms with van der Waals surface area (Å²) in [6.07, 6.45) is 7.14. The minimum absolute atomic E-state index is 0.328. The van der Waals surface area contributed by atoms with Crippen LogP contribution >= 0.6 is 0 Å². The van der Waals surface area contributed by atoms with Crippen LogP contribution in [0.2, 0.25) is 0 Å². The Morgan fingerprint density at radius 1 is 1.13 bits per heavy atom. The third-order valence-corrected chi connectivity index (χ3v) is 7.48. The van der Waals surface area contributed by atoms with Crippen molar-refractivity contribution in [2.24, 2.45) is 5.92 Å². The molecule has 168 valence electrons. The maximum Gasteiger partial charge on any atom is 0.145 e. The number of aldehydes is 1. The summed E-state index contributed by atoms with van der Waals surface area (Å²) in [5.74, 6) is 1.14. The van der Waals surface area contributed by atoms with Crippen LogP contribution in [0.15, 0.2) is 22.7 Å². The molecule has 1 unspecified atom stereocenters. The second-order valence-electron chi connectivity index (χ2n) is 9.28. The van der Waals surface area contributed by atoms with Gasteiger partial charge >= 0.3 is 0 Å². The van der Waals surface area contributed by atoms with Gasteiger partial charge in [-0.15, -0.1) is 0 Å². The number of benzene rings is 1. The Labute approximate surface area is 186 Å². The number of carbonyl (C=O) groups excluding carboxylic acids is 1. The molecule has 2 heterocycles. The molecule has 1 saturated heterocycles. The predicted molar refractivity (Wildman–Crippen MR) is 124 cm³/mol. The molecule has 1 aliphatic carbocycles. The molecular weight excluding hydrogens is 388 g/mol. The van der Waals surface area contributed by atoms with E-state index in [2.05, 4.69) is 45.5 Å². The smallest absolute Gasteiger partial charge is 0.145 e. The van der Waals surface area contributed by atoms with Crippen LogP contribution in [-0.4, -0.2) is 61.5 Å². The number of likely N-dealkylation sites (N-methyl/N-ethyl adjacent to an activating group) is 1. The van der Waals surface area contributed by atoms with E-state index in [9.17, 15) is 4.79 Å². The van der Waals surface area contributed by atoms with Crippen LogP contribution < -0.4 is 5.32 Å². The van der Waals surface area contributed by atoms with Gasteiger partial charge in [-0.1, -0.05) is 30.5 Å². The third-order valence-electron chi connectivity index (χ3n) is 7.48. The van der Waals surface area contributed by atoms with E-state index >= 15 is 0 Å². The molecule has 1 N–H and O–H groups in total. The fraction of sp³-hybridized carbons (Fsp3) is 0.600. The minimum atomic E-state index is -0.616. The summed E-state index contributed by atoms with van der Waals surface area (Å²) in [6.45, 7) is 7.72. The van der Waals surface area contributed by atoms with Gasteiger partial charge in [0.1, 0.15) is 17.6 Å². The zero-order chi connectivity index (χ0) is 22.0. The highest BCUT2D eigenvalue weighted by molar-refractivity contribution is 5.79. The van der Waals surface area contributed by atoms with Crippen molar-refractivity contribution in [2.45, 2.75) is 51.5 Å². The monoisotopic (exact) mass is 424 g/mol. The lowest BCUT2D eigenvalue weighted by Crippen LogP contribution is -2.59. The maximum atomic E-state index is 13.2. The van der Waals surface area contributed by atoms with Crippen LogP contribution in [-0.2, 0) is 10.3 Å². The second-order valence-corrected chi connectivity index (χ2v) is 9.28. The molecule has 1 atom stereocenters. The largest absolute Gasteiger partial charge is 0.388 e. The predicted octanol–water partition coefficient (Wildman–Crippen LogP) is 4.22. The number of piperazine rings is 1. The lowest BCUT2D eigenvalue weighted by atomic mass is 9.69. The van der Waals surface area contributed by atoms with E-state index in [4.69, 9.17) is 4.52 Å². The first-order valence-corrected chi connectivity index (χ1v) is 11.7. The van der Waals surface area contributed by atoms with Crippen LogP contribution in [0.3, 0.4) is 0 Å². The maximum absolute atomic E-state index is 13.2. The van der Waals surface area contributed by atoms with E-state index in [1.54, 1.807) is 0 Å².